The Morgan fingerprint density at radius 3 is 2.71 bits per heavy atom. The van der Waals surface area contributed by atoms with E-state index in [0.29, 0.717) is 17.5 Å². The van der Waals surface area contributed by atoms with Gasteiger partial charge in [-0.25, -0.2) is 0 Å². The van der Waals surface area contributed by atoms with Crippen molar-refractivity contribution >= 4 is 39.2 Å². The zero-order valence-corrected chi connectivity index (χ0v) is 20.1. The first-order valence-electron chi connectivity index (χ1n) is 9.49. The van der Waals surface area contributed by atoms with Gasteiger partial charge in [0.1, 0.15) is 6.10 Å². The molecule has 7 heteroatoms. The minimum Gasteiger partial charge on any atom is -0.481 e. The second kappa shape index (κ2) is 6.83. The molecule has 1 aromatic rings. The molecule has 5 atom stereocenters. The van der Waals surface area contributed by atoms with Crippen LogP contribution in [-0.4, -0.2) is 76.0 Å². The number of nitrogens with zero attached hydrogens (tertiary/aromatic N) is 1. The number of likely N-dealkylation sites (tertiary alicyclic amines) is 1. The number of ether oxygens (including phenoxy) is 3. The van der Waals surface area contributed by atoms with E-state index in [2.05, 4.69) is 24.1 Å². The molecule has 1 spiro atoms. The van der Waals surface area contributed by atoms with Crippen molar-refractivity contribution in [3.05, 3.63) is 35.4 Å². The van der Waals surface area contributed by atoms with Gasteiger partial charge in [-0.15, -0.1) is 0 Å². The molecule has 0 aromatic heterocycles. The molecule has 2 aliphatic carbocycles. The molecule has 1 saturated heterocycles. The van der Waals surface area contributed by atoms with Gasteiger partial charge in [-0.2, -0.15) is 0 Å². The Labute approximate surface area is 184 Å². The van der Waals surface area contributed by atoms with Gasteiger partial charge in [0, 0.05) is 64.1 Å². The average molecular weight is 577 g/mol. The van der Waals surface area contributed by atoms with Crippen LogP contribution in [0, 0.1) is 5.92 Å². The maximum Gasteiger partial charge on any atom is 0.308 e. The van der Waals surface area contributed by atoms with Crippen molar-refractivity contribution in [3.8, 4) is 11.5 Å². The molecular formula is C21H23NO5Pb. The number of hydrogen-bond donors (Lipinski definition) is 0. The second-order valence-corrected chi connectivity index (χ2v) is 8.09. The van der Waals surface area contributed by atoms with Crippen molar-refractivity contribution < 1.29 is 23.8 Å². The van der Waals surface area contributed by atoms with Crippen LogP contribution in [0.1, 0.15) is 31.4 Å². The molecule has 0 N–H and O–H groups in total. The van der Waals surface area contributed by atoms with E-state index in [4.69, 9.17) is 14.2 Å². The Balaban J connectivity index is 0.00000192. The summed E-state index contributed by atoms with van der Waals surface area (Å²) >= 11 is 0. The summed E-state index contributed by atoms with van der Waals surface area (Å²) in [5.74, 6) is 0.712. The van der Waals surface area contributed by atoms with Crippen molar-refractivity contribution in [3.63, 3.8) is 0 Å². The zero-order chi connectivity index (χ0) is 18.9. The second-order valence-electron chi connectivity index (χ2n) is 8.09. The number of likely N-dealkylation sites (N-methyl/N-ethyl adjacent to an activating group) is 1. The number of carbonyl (C=O) groups excluding carboxylic acids is 2. The first kappa shape index (κ1) is 19.9. The summed E-state index contributed by atoms with van der Waals surface area (Å²) < 4.78 is 17.5. The molecule has 0 amide bonds. The van der Waals surface area contributed by atoms with E-state index in [9.17, 15) is 9.59 Å². The van der Waals surface area contributed by atoms with Crippen molar-refractivity contribution in [2.24, 2.45) is 5.92 Å². The van der Waals surface area contributed by atoms with Gasteiger partial charge in [0.25, 0.3) is 0 Å². The molecule has 6 nitrogen and oxygen atoms in total. The van der Waals surface area contributed by atoms with E-state index in [1.165, 1.54) is 19.4 Å². The van der Waals surface area contributed by atoms with Gasteiger partial charge >= 0.3 is 11.9 Å². The normalized spacial score (nSPS) is 34.0. The number of esters is 2. The molecule has 2 bridgehead atoms. The van der Waals surface area contributed by atoms with Crippen molar-refractivity contribution in [1.82, 2.24) is 4.90 Å². The average Bonchev–Trinajstić information content (AvgIpc) is 2.95. The van der Waals surface area contributed by atoms with E-state index < -0.39 is 6.10 Å². The quantitative estimate of drug-likeness (QED) is 0.231. The molecule has 2 heterocycles. The molecule has 2 aliphatic heterocycles. The standard InChI is InChI=1S/C21H23NO5.Pb/c1-11(23)25-16-6-4-13-10-15-14-5-7-17(26-12(2)24)20-21(14,8-9-22(15)3)18(13)19(16)27-20;/h4-7,14-15,17,20H,8-10H2,1-3H3;/t14-,15+,17-,20-,21-;/m0./s1. The number of rotatable bonds is 2. The van der Waals surface area contributed by atoms with E-state index in [-0.39, 0.29) is 56.7 Å². The number of piperidine rings is 1. The molecule has 1 fully saturated rings. The summed E-state index contributed by atoms with van der Waals surface area (Å²) in [5.41, 5.74) is 2.15. The number of carbonyl (C=O) groups is 2. The summed E-state index contributed by atoms with van der Waals surface area (Å²) in [4.78, 5) is 25.7. The van der Waals surface area contributed by atoms with Crippen LogP contribution < -0.4 is 9.47 Å². The maximum absolute atomic E-state index is 11.7. The topological polar surface area (TPSA) is 65.1 Å². The van der Waals surface area contributed by atoms with Gasteiger partial charge in [0.05, 0.1) is 0 Å². The first-order valence-corrected chi connectivity index (χ1v) is 9.49. The van der Waals surface area contributed by atoms with Crippen LogP contribution in [0.3, 0.4) is 0 Å². The van der Waals surface area contributed by atoms with Gasteiger partial charge in [0.2, 0.25) is 0 Å². The molecule has 5 rings (SSSR count). The van der Waals surface area contributed by atoms with Crippen LogP contribution in [0.4, 0.5) is 0 Å². The van der Waals surface area contributed by atoms with Crippen LogP contribution in [0.25, 0.3) is 0 Å². The zero-order valence-electron chi connectivity index (χ0n) is 16.2. The minimum absolute atomic E-state index is 0. The molecule has 28 heavy (non-hydrogen) atoms. The monoisotopic (exact) mass is 577 g/mol. The van der Waals surface area contributed by atoms with Gasteiger partial charge in [0.15, 0.2) is 17.6 Å². The Hall–Kier alpha value is -1.42. The smallest absolute Gasteiger partial charge is 0.308 e. The summed E-state index contributed by atoms with van der Waals surface area (Å²) in [5, 5.41) is 0. The first-order chi connectivity index (χ1) is 12.9. The summed E-state index contributed by atoms with van der Waals surface area (Å²) in [6, 6.07) is 4.28. The third-order valence-corrected chi connectivity index (χ3v) is 6.67. The van der Waals surface area contributed by atoms with Crippen molar-refractivity contribution in [2.75, 3.05) is 13.6 Å². The van der Waals surface area contributed by atoms with Crippen LogP contribution in [0.2, 0.25) is 0 Å². The Morgan fingerprint density at radius 2 is 2.00 bits per heavy atom. The fourth-order valence-corrected chi connectivity index (χ4v) is 5.74. The third-order valence-electron chi connectivity index (χ3n) is 6.67. The summed E-state index contributed by atoms with van der Waals surface area (Å²) in [6.07, 6.45) is 5.31. The number of benzene rings is 1. The molecular weight excluding hydrogens is 553 g/mol. The van der Waals surface area contributed by atoms with Crippen molar-refractivity contribution in [1.29, 1.82) is 0 Å². The number of hydrogen-bond acceptors (Lipinski definition) is 6. The van der Waals surface area contributed by atoms with Crippen LogP contribution in [-0.2, 0) is 26.2 Å². The minimum atomic E-state index is -0.439. The largest absolute Gasteiger partial charge is 0.481 e. The summed E-state index contributed by atoms with van der Waals surface area (Å²) in [7, 11) is 2.17. The molecule has 0 saturated carbocycles. The summed E-state index contributed by atoms with van der Waals surface area (Å²) in [6.45, 7) is 3.77. The Kier molecular flexibility index (Phi) is 4.85. The van der Waals surface area contributed by atoms with Gasteiger partial charge in [-0.05, 0) is 44.1 Å². The molecule has 146 valence electrons. The fourth-order valence-electron chi connectivity index (χ4n) is 5.74. The van der Waals surface area contributed by atoms with E-state index in [1.54, 1.807) is 0 Å². The predicted octanol–water partition coefficient (Wildman–Crippen LogP) is 1.61. The molecule has 1 aromatic carbocycles. The molecule has 4 radical (unpaired) electrons. The SMILES string of the molecule is CC(=O)Oc1ccc2c3c1O[C@H]1[C@@H](OC(C)=O)C=C[C@H]4[C@@H](C2)N(C)CC[C@@]341.[Pb]. The predicted molar refractivity (Wildman–Crippen MR) is 103 cm³/mol. The van der Waals surface area contributed by atoms with Gasteiger partial charge in [-0.3, -0.25) is 9.59 Å². The fraction of sp³-hybridized carbons (Fsp3) is 0.524. The van der Waals surface area contributed by atoms with E-state index >= 15 is 0 Å². The molecule has 4 aliphatic rings. The van der Waals surface area contributed by atoms with E-state index in [1.807, 2.05) is 12.1 Å². The maximum atomic E-state index is 11.7. The van der Waals surface area contributed by atoms with Crippen molar-refractivity contribution in [2.45, 2.75) is 50.4 Å². The van der Waals surface area contributed by atoms with Crippen LogP contribution in [0.5, 0.6) is 11.5 Å². The van der Waals surface area contributed by atoms with Crippen LogP contribution >= 0.6 is 0 Å². The van der Waals surface area contributed by atoms with E-state index in [0.717, 1.165) is 24.9 Å². The van der Waals surface area contributed by atoms with Gasteiger partial charge < -0.3 is 19.1 Å². The van der Waals surface area contributed by atoms with Crippen LogP contribution in [0.15, 0.2) is 24.3 Å². The Morgan fingerprint density at radius 1 is 1.21 bits per heavy atom. The third kappa shape index (κ3) is 2.59. The molecule has 0 unspecified atom stereocenters. The Bertz CT molecular complexity index is 884. The van der Waals surface area contributed by atoms with Gasteiger partial charge in [-0.1, -0.05) is 12.1 Å².